The molecule has 0 aromatic rings. The summed E-state index contributed by atoms with van der Waals surface area (Å²) in [5, 5.41) is 16.8. The summed E-state index contributed by atoms with van der Waals surface area (Å²) < 4.78 is 12.3. The highest BCUT2D eigenvalue weighted by molar-refractivity contribution is 6.87. The first-order chi connectivity index (χ1) is 8.39. The smallest absolute Gasteiger partial charge is 0.311 e. The van der Waals surface area contributed by atoms with Gasteiger partial charge in [-0.1, -0.05) is 51.5 Å². The van der Waals surface area contributed by atoms with Crippen molar-refractivity contribution < 1.29 is 18.4 Å². The third-order valence-electron chi connectivity index (χ3n) is 2.01. The van der Waals surface area contributed by atoms with E-state index in [0.717, 1.165) is 12.5 Å². The van der Waals surface area contributed by atoms with Crippen LogP contribution in [0, 0.1) is 0 Å². The van der Waals surface area contributed by atoms with Gasteiger partial charge in [-0.25, -0.2) is 0 Å². The van der Waals surface area contributed by atoms with Gasteiger partial charge in [0.05, 0.1) is 0 Å². The van der Waals surface area contributed by atoms with E-state index < -0.39 is 25.2 Å². The van der Waals surface area contributed by atoms with E-state index in [4.69, 9.17) is 18.4 Å². The van der Waals surface area contributed by atoms with Crippen molar-refractivity contribution in [3.8, 4) is 0 Å². The molecular formula is C18H58O4Si3. The lowest BCUT2D eigenvalue weighted by Crippen LogP contribution is -2.51. The molecule has 0 saturated carbocycles. The van der Waals surface area contributed by atoms with E-state index in [1.807, 2.05) is 6.92 Å². The maximum Gasteiger partial charge on any atom is 0.311 e. The van der Waals surface area contributed by atoms with E-state index in [-0.39, 0.29) is 51.2 Å². The van der Waals surface area contributed by atoms with Crippen molar-refractivity contribution in [2.24, 2.45) is 0 Å². The quantitative estimate of drug-likeness (QED) is 0.435. The molecule has 0 spiro atoms. The minimum absolute atomic E-state index is 0. The predicted molar refractivity (Wildman–Crippen MR) is 130 cm³/mol. The molecule has 0 aliphatic rings. The lowest BCUT2D eigenvalue weighted by Gasteiger charge is -2.37. The third kappa shape index (κ3) is 40.5. The number of aliphatic hydroxyl groups excluding tert-OH is 2. The Kier molecular flexibility index (Phi) is 45.0. The first-order valence-corrected chi connectivity index (χ1v) is 16.3. The summed E-state index contributed by atoms with van der Waals surface area (Å²) in [6, 6.07) is 0.790. The Hall–Kier alpha value is 0.491. The molecule has 0 rings (SSSR count). The van der Waals surface area contributed by atoms with E-state index in [0.29, 0.717) is 6.61 Å². The second-order valence-electron chi connectivity index (χ2n) is 6.67. The van der Waals surface area contributed by atoms with E-state index in [9.17, 15) is 0 Å². The van der Waals surface area contributed by atoms with Crippen LogP contribution < -0.4 is 0 Å². The van der Waals surface area contributed by atoms with Crippen LogP contribution in [0.5, 0.6) is 0 Å². The molecule has 0 fully saturated rings. The summed E-state index contributed by atoms with van der Waals surface area (Å²) in [6.45, 7) is 17.5. The van der Waals surface area contributed by atoms with Crippen LogP contribution in [0.25, 0.3) is 0 Å². The minimum atomic E-state index is -2.00. The molecular weight excluding hydrogens is 364 g/mol. The number of rotatable bonds is 7. The second kappa shape index (κ2) is 22.5. The standard InChI is InChI=1S/C9H26O3Si3.C3H8O.6CH4/c1-13(2,3)11-15(6,7)12-14(4,5)9-8-10;1-2-3-4;;;;;;/h10H,8-9H2,1-7H3;4H,2-3H2,1H3;6*1H4. The van der Waals surface area contributed by atoms with Crippen molar-refractivity contribution >= 4 is 25.2 Å². The summed E-state index contributed by atoms with van der Waals surface area (Å²) in [6.07, 6.45) is 0.875. The van der Waals surface area contributed by atoms with Gasteiger partial charge in [-0.05, 0) is 58.3 Å². The van der Waals surface area contributed by atoms with Crippen LogP contribution in [0.4, 0.5) is 0 Å². The van der Waals surface area contributed by atoms with Crippen molar-refractivity contribution in [2.75, 3.05) is 13.2 Å². The second-order valence-corrected chi connectivity index (χ2v) is 19.4. The van der Waals surface area contributed by atoms with Crippen molar-refractivity contribution in [1.29, 1.82) is 0 Å². The Balaban J connectivity index is -0.0000000437. The molecule has 2 N–H and O–H groups in total. The molecule has 25 heavy (non-hydrogen) atoms. The molecule has 0 bridgehead atoms. The minimum Gasteiger partial charge on any atom is -0.437 e. The van der Waals surface area contributed by atoms with Gasteiger partial charge in [-0.15, -0.1) is 0 Å². The highest BCUT2D eigenvalue weighted by atomic mass is 28.5. The van der Waals surface area contributed by atoms with Gasteiger partial charge in [0.2, 0.25) is 0 Å². The zero-order chi connectivity index (χ0) is 15.7. The third-order valence-corrected chi connectivity index (χ3v) is 12.0. The number of hydrogen-bond donors (Lipinski definition) is 2. The largest absolute Gasteiger partial charge is 0.437 e. The zero-order valence-corrected chi connectivity index (χ0v) is 17.0. The van der Waals surface area contributed by atoms with Gasteiger partial charge >= 0.3 is 8.56 Å². The highest BCUT2D eigenvalue weighted by Gasteiger charge is 2.37. The highest BCUT2D eigenvalue weighted by Crippen LogP contribution is 2.22. The Bertz CT molecular complexity index is 229. The van der Waals surface area contributed by atoms with Gasteiger partial charge in [-0.2, -0.15) is 0 Å². The molecule has 0 aliphatic carbocycles. The fraction of sp³-hybridized carbons (Fsp3) is 1.00. The van der Waals surface area contributed by atoms with Crippen LogP contribution in [0.1, 0.15) is 57.9 Å². The summed E-state index contributed by atoms with van der Waals surface area (Å²) >= 11 is 0. The van der Waals surface area contributed by atoms with Crippen LogP contribution in [-0.2, 0) is 8.23 Å². The fourth-order valence-electron chi connectivity index (χ4n) is 1.74. The number of aliphatic hydroxyl groups is 2. The fourth-order valence-corrected chi connectivity index (χ4v) is 14.5. The summed E-state index contributed by atoms with van der Waals surface area (Å²) in [5.74, 6) is 0. The maximum absolute atomic E-state index is 8.97. The van der Waals surface area contributed by atoms with Gasteiger partial charge in [0.1, 0.15) is 0 Å². The van der Waals surface area contributed by atoms with Gasteiger partial charge < -0.3 is 18.4 Å². The average molecular weight is 423 g/mol. The molecule has 0 atom stereocenters. The molecule has 0 aromatic carbocycles. The zero-order valence-electron chi connectivity index (χ0n) is 14.0. The van der Waals surface area contributed by atoms with Crippen LogP contribution >= 0.6 is 0 Å². The van der Waals surface area contributed by atoms with Crippen LogP contribution in [0.3, 0.4) is 0 Å². The average Bonchev–Trinajstić information content (AvgIpc) is 2.11. The molecule has 0 aliphatic heterocycles. The van der Waals surface area contributed by atoms with Crippen molar-refractivity contribution in [3.63, 3.8) is 0 Å². The van der Waals surface area contributed by atoms with Crippen molar-refractivity contribution in [1.82, 2.24) is 0 Å². The Morgan fingerprint density at radius 1 is 0.640 bits per heavy atom. The Morgan fingerprint density at radius 2 is 0.960 bits per heavy atom. The topological polar surface area (TPSA) is 58.9 Å². The summed E-state index contributed by atoms with van der Waals surface area (Å²) in [4.78, 5) is 0. The van der Waals surface area contributed by atoms with Gasteiger partial charge in [-0.3, -0.25) is 0 Å². The normalized spacial score (nSPS) is 9.84. The molecule has 4 nitrogen and oxygen atoms in total. The monoisotopic (exact) mass is 422 g/mol. The Morgan fingerprint density at radius 3 is 1.16 bits per heavy atom. The summed E-state index contributed by atoms with van der Waals surface area (Å²) in [7, 11) is -5.25. The molecule has 0 heterocycles. The van der Waals surface area contributed by atoms with Crippen molar-refractivity contribution in [2.45, 2.75) is 110 Å². The lowest BCUT2D eigenvalue weighted by atomic mass is 10.5. The predicted octanol–water partition coefficient (Wildman–Crippen LogP) is 6.96. The lowest BCUT2D eigenvalue weighted by molar-refractivity contribution is 0.295. The van der Waals surface area contributed by atoms with Crippen LogP contribution in [0.15, 0.2) is 0 Å². The molecule has 0 saturated heterocycles. The van der Waals surface area contributed by atoms with Crippen molar-refractivity contribution in [3.05, 3.63) is 0 Å². The number of hydrogen-bond acceptors (Lipinski definition) is 4. The van der Waals surface area contributed by atoms with Crippen LogP contribution in [-0.4, -0.2) is 48.6 Å². The molecule has 166 valence electrons. The van der Waals surface area contributed by atoms with Gasteiger partial charge in [0.25, 0.3) is 0 Å². The summed E-state index contributed by atoms with van der Waals surface area (Å²) in [5.41, 5.74) is 0. The SMILES string of the molecule is C.C.C.C.C.C.CCCO.C[Si](C)(C)O[Si](C)(C)O[Si](C)(C)CCO. The van der Waals surface area contributed by atoms with E-state index >= 15 is 0 Å². The first kappa shape index (κ1) is 50.0. The molecule has 0 aromatic heterocycles. The van der Waals surface area contributed by atoms with E-state index in [1.165, 1.54) is 0 Å². The maximum atomic E-state index is 8.97. The molecule has 0 amide bonds. The van der Waals surface area contributed by atoms with E-state index in [1.54, 1.807) is 0 Å². The van der Waals surface area contributed by atoms with Gasteiger partial charge in [0, 0.05) is 13.2 Å². The van der Waals surface area contributed by atoms with Gasteiger partial charge in [0.15, 0.2) is 16.6 Å². The molecule has 0 unspecified atom stereocenters. The molecule has 0 radical (unpaired) electrons. The first-order valence-electron chi connectivity index (χ1n) is 7.01. The van der Waals surface area contributed by atoms with E-state index in [2.05, 4.69) is 45.8 Å². The van der Waals surface area contributed by atoms with Crippen LogP contribution in [0.2, 0.25) is 51.9 Å². The molecule has 7 heteroatoms. The Labute approximate surface area is 166 Å².